The molecule has 156 valence electrons. The highest BCUT2D eigenvalue weighted by Gasteiger charge is 2.28. The highest BCUT2D eigenvalue weighted by molar-refractivity contribution is 6.05. The Labute approximate surface area is 175 Å². The molecule has 2 aromatic heterocycles. The zero-order valence-electron chi connectivity index (χ0n) is 17.1. The van der Waals surface area contributed by atoms with Gasteiger partial charge < -0.3 is 15.0 Å². The van der Waals surface area contributed by atoms with Crippen LogP contribution in [-0.4, -0.2) is 58.0 Å². The monoisotopic (exact) mass is 406 g/mol. The van der Waals surface area contributed by atoms with E-state index in [1.807, 2.05) is 43.6 Å². The van der Waals surface area contributed by atoms with E-state index in [1.165, 1.54) is 0 Å². The van der Waals surface area contributed by atoms with E-state index >= 15 is 0 Å². The average molecular weight is 406 g/mol. The van der Waals surface area contributed by atoms with Crippen molar-refractivity contribution in [1.82, 2.24) is 25.1 Å². The van der Waals surface area contributed by atoms with Crippen LogP contribution in [0.4, 0.5) is 5.95 Å². The molecule has 1 unspecified atom stereocenters. The van der Waals surface area contributed by atoms with Crippen molar-refractivity contribution in [3.63, 3.8) is 0 Å². The molecule has 0 spiro atoms. The van der Waals surface area contributed by atoms with Gasteiger partial charge in [-0.25, -0.2) is 9.97 Å². The maximum absolute atomic E-state index is 12.9. The van der Waals surface area contributed by atoms with E-state index in [2.05, 4.69) is 20.3 Å². The van der Waals surface area contributed by atoms with Crippen molar-refractivity contribution in [1.29, 1.82) is 0 Å². The van der Waals surface area contributed by atoms with Crippen LogP contribution >= 0.6 is 0 Å². The van der Waals surface area contributed by atoms with Crippen LogP contribution in [0.25, 0.3) is 10.9 Å². The molecule has 0 aliphatic carbocycles. The molecule has 1 atom stereocenters. The summed E-state index contributed by atoms with van der Waals surface area (Å²) in [6, 6.07) is 9.86. The molecule has 2 fully saturated rings. The predicted octanol–water partition coefficient (Wildman–Crippen LogP) is 2.27. The molecule has 2 saturated heterocycles. The summed E-state index contributed by atoms with van der Waals surface area (Å²) < 4.78 is 7.22. The maximum atomic E-state index is 12.9. The van der Waals surface area contributed by atoms with Gasteiger partial charge in [0.1, 0.15) is 0 Å². The van der Waals surface area contributed by atoms with Crippen LogP contribution in [0.15, 0.2) is 36.5 Å². The number of aryl methyl sites for hydroxylation is 1. The minimum absolute atomic E-state index is 0.0496. The van der Waals surface area contributed by atoms with Crippen LogP contribution in [0.1, 0.15) is 41.4 Å². The SMILES string of the molecule is Cn1nc(C(=O)NC2CCN(c3nccc(C4CCOCC4)n3)C2)c2ccccc21. The summed E-state index contributed by atoms with van der Waals surface area (Å²) in [5.41, 5.74) is 2.52. The van der Waals surface area contributed by atoms with Crippen LogP contribution < -0.4 is 10.2 Å². The van der Waals surface area contributed by atoms with Crippen LogP contribution in [0.5, 0.6) is 0 Å². The second-order valence-corrected chi connectivity index (χ2v) is 8.06. The van der Waals surface area contributed by atoms with Crippen molar-refractivity contribution >= 4 is 22.8 Å². The molecule has 1 amide bonds. The summed E-state index contributed by atoms with van der Waals surface area (Å²) >= 11 is 0. The number of nitrogens with zero attached hydrogens (tertiary/aromatic N) is 5. The summed E-state index contributed by atoms with van der Waals surface area (Å²) in [5, 5.41) is 8.45. The number of aromatic nitrogens is 4. The standard InChI is InChI=1S/C22H26N6O2/c1-27-19-5-3-2-4-17(19)20(26-27)21(29)24-16-7-11-28(14-16)22-23-10-6-18(25-22)15-8-12-30-13-9-15/h2-6,10,15-16H,7-9,11-14H2,1H3,(H,24,29). The Morgan fingerprint density at radius 1 is 1.17 bits per heavy atom. The minimum Gasteiger partial charge on any atom is -0.381 e. The van der Waals surface area contributed by atoms with E-state index < -0.39 is 0 Å². The average Bonchev–Trinajstić information content (AvgIpc) is 3.39. The maximum Gasteiger partial charge on any atom is 0.272 e. The summed E-state index contributed by atoms with van der Waals surface area (Å²) in [5.74, 6) is 1.06. The van der Waals surface area contributed by atoms with Gasteiger partial charge in [-0.2, -0.15) is 5.10 Å². The van der Waals surface area contributed by atoms with Gasteiger partial charge in [0, 0.05) is 62.6 Å². The molecule has 1 N–H and O–H groups in total. The molecule has 30 heavy (non-hydrogen) atoms. The number of benzene rings is 1. The van der Waals surface area contributed by atoms with Crippen molar-refractivity contribution in [3.8, 4) is 0 Å². The van der Waals surface area contributed by atoms with Crippen molar-refractivity contribution in [3.05, 3.63) is 47.9 Å². The first kappa shape index (κ1) is 19.0. The summed E-state index contributed by atoms with van der Waals surface area (Å²) in [6.07, 6.45) is 4.72. The highest BCUT2D eigenvalue weighted by Crippen LogP contribution is 2.27. The third-order valence-electron chi connectivity index (χ3n) is 6.08. The second-order valence-electron chi connectivity index (χ2n) is 8.06. The number of fused-ring (bicyclic) bond motifs is 1. The number of hydrogen-bond acceptors (Lipinski definition) is 6. The van der Waals surface area contributed by atoms with Gasteiger partial charge >= 0.3 is 0 Å². The number of rotatable bonds is 4. The number of amides is 1. The van der Waals surface area contributed by atoms with Gasteiger partial charge in [0.25, 0.3) is 5.91 Å². The normalized spacial score (nSPS) is 20.0. The molecule has 3 aromatic rings. The van der Waals surface area contributed by atoms with Crippen LogP contribution in [0.3, 0.4) is 0 Å². The van der Waals surface area contributed by atoms with E-state index in [4.69, 9.17) is 9.72 Å². The van der Waals surface area contributed by atoms with Gasteiger partial charge in [-0.3, -0.25) is 9.48 Å². The fourth-order valence-electron chi connectivity index (χ4n) is 4.43. The number of hydrogen-bond donors (Lipinski definition) is 1. The van der Waals surface area contributed by atoms with E-state index in [1.54, 1.807) is 4.68 Å². The zero-order valence-corrected chi connectivity index (χ0v) is 17.1. The summed E-state index contributed by atoms with van der Waals surface area (Å²) in [4.78, 5) is 24.4. The topological polar surface area (TPSA) is 85.2 Å². The lowest BCUT2D eigenvalue weighted by atomic mass is 9.96. The predicted molar refractivity (Wildman–Crippen MR) is 114 cm³/mol. The third kappa shape index (κ3) is 3.63. The zero-order chi connectivity index (χ0) is 20.5. The smallest absolute Gasteiger partial charge is 0.272 e. The van der Waals surface area contributed by atoms with Gasteiger partial charge in [0.05, 0.1) is 5.52 Å². The van der Waals surface area contributed by atoms with Crippen molar-refractivity contribution in [2.45, 2.75) is 31.2 Å². The largest absolute Gasteiger partial charge is 0.381 e. The molecular weight excluding hydrogens is 380 g/mol. The molecule has 8 nitrogen and oxygen atoms in total. The first-order valence-electron chi connectivity index (χ1n) is 10.6. The van der Waals surface area contributed by atoms with E-state index in [0.29, 0.717) is 18.2 Å². The number of ether oxygens (including phenoxy) is 1. The van der Waals surface area contributed by atoms with E-state index in [0.717, 1.165) is 61.6 Å². The Morgan fingerprint density at radius 2 is 2.00 bits per heavy atom. The Morgan fingerprint density at radius 3 is 2.87 bits per heavy atom. The lowest BCUT2D eigenvalue weighted by molar-refractivity contribution is 0.0845. The molecule has 0 radical (unpaired) electrons. The van der Waals surface area contributed by atoms with Crippen LogP contribution in [-0.2, 0) is 11.8 Å². The van der Waals surface area contributed by atoms with Crippen LogP contribution in [0.2, 0.25) is 0 Å². The number of carbonyl (C=O) groups is 1. The number of carbonyl (C=O) groups excluding carboxylic acids is 1. The lowest BCUT2D eigenvalue weighted by Gasteiger charge is -2.23. The Hall–Kier alpha value is -3.00. The van der Waals surface area contributed by atoms with Crippen molar-refractivity contribution in [2.24, 2.45) is 7.05 Å². The number of anilines is 1. The Bertz CT molecular complexity index is 1060. The van der Waals surface area contributed by atoms with Gasteiger partial charge in [-0.15, -0.1) is 0 Å². The van der Waals surface area contributed by atoms with Crippen molar-refractivity contribution in [2.75, 3.05) is 31.2 Å². The molecule has 0 bridgehead atoms. The second kappa shape index (κ2) is 8.02. The first-order valence-corrected chi connectivity index (χ1v) is 10.6. The fourth-order valence-corrected chi connectivity index (χ4v) is 4.43. The quantitative estimate of drug-likeness (QED) is 0.715. The molecule has 2 aliphatic heterocycles. The summed E-state index contributed by atoms with van der Waals surface area (Å²) in [7, 11) is 1.86. The van der Waals surface area contributed by atoms with Gasteiger partial charge in [0.2, 0.25) is 5.95 Å². The molecule has 0 saturated carbocycles. The highest BCUT2D eigenvalue weighted by atomic mass is 16.5. The third-order valence-corrected chi connectivity index (χ3v) is 6.08. The van der Waals surface area contributed by atoms with Gasteiger partial charge in [0.15, 0.2) is 5.69 Å². The van der Waals surface area contributed by atoms with Gasteiger partial charge in [-0.1, -0.05) is 18.2 Å². The fraction of sp³-hybridized carbons (Fsp3) is 0.455. The van der Waals surface area contributed by atoms with E-state index in [9.17, 15) is 4.79 Å². The van der Waals surface area contributed by atoms with Crippen molar-refractivity contribution < 1.29 is 9.53 Å². The lowest BCUT2D eigenvalue weighted by Crippen LogP contribution is -2.37. The number of nitrogens with one attached hydrogen (secondary N) is 1. The van der Waals surface area contributed by atoms with Gasteiger partial charge in [-0.05, 0) is 31.4 Å². The van der Waals surface area contributed by atoms with Crippen LogP contribution in [0, 0.1) is 0 Å². The molecule has 1 aromatic carbocycles. The molecule has 5 rings (SSSR count). The summed E-state index contributed by atoms with van der Waals surface area (Å²) in [6.45, 7) is 3.12. The Kier molecular flexibility index (Phi) is 5.08. The first-order chi connectivity index (χ1) is 14.7. The molecule has 8 heteroatoms. The molecule has 4 heterocycles. The number of para-hydroxylation sites is 1. The molecule has 2 aliphatic rings. The molecular formula is C22H26N6O2. The van der Waals surface area contributed by atoms with E-state index in [-0.39, 0.29) is 11.9 Å². The minimum atomic E-state index is -0.129. The Balaban J connectivity index is 1.26.